The highest BCUT2D eigenvalue weighted by Crippen LogP contribution is 2.15. The van der Waals surface area contributed by atoms with Crippen LogP contribution in [-0.2, 0) is 4.74 Å². The number of hydrogen-bond acceptors (Lipinski definition) is 2. The summed E-state index contributed by atoms with van der Waals surface area (Å²) in [5, 5.41) is 8.24. The Labute approximate surface area is 74.1 Å². The molecular formula is C8H16O3Si. The Bertz CT molecular complexity index is 181. The van der Waals surface area contributed by atoms with Gasteiger partial charge in [-0.3, -0.25) is 0 Å². The smallest absolute Gasteiger partial charge is 0.449 e. The Balaban J connectivity index is 3.65. The highest BCUT2D eigenvalue weighted by Gasteiger charge is 2.14. The van der Waals surface area contributed by atoms with E-state index in [2.05, 4.69) is 31.0 Å². The second-order valence-corrected chi connectivity index (χ2v) is 9.59. The summed E-state index contributed by atoms with van der Waals surface area (Å²) in [6.45, 7) is 10.2. The van der Waals surface area contributed by atoms with Crippen LogP contribution in [-0.4, -0.2) is 19.3 Å². The highest BCUT2D eigenvalue weighted by atomic mass is 28.3. The van der Waals surface area contributed by atoms with Gasteiger partial charge in [-0.1, -0.05) is 32.3 Å². The van der Waals surface area contributed by atoms with Gasteiger partial charge in [-0.25, -0.2) is 4.79 Å². The Morgan fingerprint density at radius 2 is 2.00 bits per heavy atom. The van der Waals surface area contributed by atoms with E-state index in [9.17, 15) is 4.79 Å². The van der Waals surface area contributed by atoms with E-state index in [-0.39, 0.29) is 0 Å². The maximum absolute atomic E-state index is 10.1. The molecule has 0 saturated heterocycles. The predicted octanol–water partition coefficient (Wildman–Crippen LogP) is 2.92. The van der Waals surface area contributed by atoms with Gasteiger partial charge in [0, 0.05) is 14.5 Å². The van der Waals surface area contributed by atoms with Crippen molar-refractivity contribution in [2.75, 3.05) is 0 Å². The van der Waals surface area contributed by atoms with Crippen LogP contribution in [0.2, 0.25) is 25.7 Å². The minimum Gasteiger partial charge on any atom is -0.449 e. The van der Waals surface area contributed by atoms with Crippen molar-refractivity contribution in [1.82, 2.24) is 0 Å². The molecule has 0 aliphatic rings. The Morgan fingerprint density at radius 1 is 1.50 bits per heavy atom. The minimum absolute atomic E-state index is 0.352. The van der Waals surface area contributed by atoms with Crippen molar-refractivity contribution in [2.45, 2.75) is 32.1 Å². The molecule has 0 aliphatic carbocycles. The summed E-state index contributed by atoms with van der Waals surface area (Å²) in [5.74, 6) is 0.352. The molecule has 0 heterocycles. The van der Waals surface area contributed by atoms with Crippen molar-refractivity contribution in [3.63, 3.8) is 0 Å². The predicted molar refractivity (Wildman–Crippen MR) is 51.0 cm³/mol. The molecule has 0 rings (SSSR count). The SMILES string of the molecule is C=C(CC[Si](C)(C)C)OC(=O)O. The van der Waals surface area contributed by atoms with Gasteiger partial charge in [-0.2, -0.15) is 0 Å². The van der Waals surface area contributed by atoms with E-state index in [1.165, 1.54) is 0 Å². The summed E-state index contributed by atoms with van der Waals surface area (Å²) in [6, 6.07) is 1.01. The average Bonchev–Trinajstić information content (AvgIpc) is 1.80. The lowest BCUT2D eigenvalue weighted by Gasteiger charge is -2.15. The van der Waals surface area contributed by atoms with Crippen LogP contribution in [0, 0.1) is 0 Å². The molecule has 0 amide bonds. The first-order valence-electron chi connectivity index (χ1n) is 3.90. The van der Waals surface area contributed by atoms with Crippen molar-refractivity contribution < 1.29 is 14.6 Å². The zero-order valence-corrected chi connectivity index (χ0v) is 8.89. The summed E-state index contributed by atoms with van der Waals surface area (Å²) in [7, 11) is -1.10. The first-order chi connectivity index (χ1) is 5.31. The van der Waals surface area contributed by atoms with Gasteiger partial charge >= 0.3 is 6.16 Å². The molecule has 3 nitrogen and oxygen atoms in total. The molecule has 0 aliphatic heterocycles. The van der Waals surface area contributed by atoms with Crippen molar-refractivity contribution in [2.24, 2.45) is 0 Å². The molecule has 0 aromatic heterocycles. The van der Waals surface area contributed by atoms with E-state index < -0.39 is 14.2 Å². The summed E-state index contributed by atoms with van der Waals surface area (Å²) in [5.41, 5.74) is 0. The third kappa shape index (κ3) is 7.34. The molecule has 0 radical (unpaired) electrons. The molecule has 0 unspecified atom stereocenters. The van der Waals surface area contributed by atoms with Crippen LogP contribution in [0.3, 0.4) is 0 Å². The van der Waals surface area contributed by atoms with E-state index in [0.29, 0.717) is 12.2 Å². The lowest BCUT2D eigenvalue weighted by molar-refractivity contribution is 0.117. The van der Waals surface area contributed by atoms with E-state index in [4.69, 9.17) is 5.11 Å². The van der Waals surface area contributed by atoms with Gasteiger partial charge in [0.25, 0.3) is 0 Å². The average molecular weight is 188 g/mol. The van der Waals surface area contributed by atoms with Crippen LogP contribution in [0.15, 0.2) is 12.3 Å². The summed E-state index contributed by atoms with van der Waals surface area (Å²) in [6.07, 6.45) is -0.613. The van der Waals surface area contributed by atoms with Crippen LogP contribution in [0.5, 0.6) is 0 Å². The number of carbonyl (C=O) groups is 1. The Hall–Kier alpha value is -0.773. The third-order valence-corrected chi connectivity index (χ3v) is 3.14. The zero-order chi connectivity index (χ0) is 9.78. The van der Waals surface area contributed by atoms with E-state index in [1.807, 2.05) is 0 Å². The maximum Gasteiger partial charge on any atom is 0.510 e. The number of carboxylic acid groups (broad SMARTS) is 1. The van der Waals surface area contributed by atoms with Gasteiger partial charge in [0.2, 0.25) is 0 Å². The summed E-state index contributed by atoms with van der Waals surface area (Å²) in [4.78, 5) is 10.1. The van der Waals surface area contributed by atoms with Gasteiger partial charge < -0.3 is 9.84 Å². The van der Waals surface area contributed by atoms with Crippen LogP contribution < -0.4 is 0 Å². The fourth-order valence-electron chi connectivity index (χ4n) is 0.689. The Kier molecular flexibility index (Phi) is 4.02. The van der Waals surface area contributed by atoms with Crippen LogP contribution in [0.1, 0.15) is 6.42 Å². The minimum atomic E-state index is -1.27. The number of allylic oxidation sites excluding steroid dienone is 1. The zero-order valence-electron chi connectivity index (χ0n) is 7.89. The van der Waals surface area contributed by atoms with Gasteiger partial charge in [-0.15, -0.1) is 0 Å². The number of hydrogen-bond donors (Lipinski definition) is 1. The Morgan fingerprint density at radius 3 is 2.33 bits per heavy atom. The molecule has 0 spiro atoms. The molecule has 1 N–H and O–H groups in total. The quantitative estimate of drug-likeness (QED) is 0.419. The molecule has 0 fully saturated rings. The first kappa shape index (κ1) is 11.2. The van der Waals surface area contributed by atoms with E-state index in [1.54, 1.807) is 0 Å². The fourth-order valence-corrected chi connectivity index (χ4v) is 1.72. The summed E-state index contributed by atoms with van der Waals surface area (Å²) >= 11 is 0. The molecule has 70 valence electrons. The van der Waals surface area contributed by atoms with Crippen molar-refractivity contribution in [3.05, 3.63) is 12.3 Å². The van der Waals surface area contributed by atoms with Crippen molar-refractivity contribution >= 4 is 14.2 Å². The van der Waals surface area contributed by atoms with Crippen molar-refractivity contribution in [1.29, 1.82) is 0 Å². The van der Waals surface area contributed by atoms with E-state index in [0.717, 1.165) is 6.04 Å². The molecule has 0 aromatic rings. The maximum atomic E-state index is 10.1. The molecule has 0 bridgehead atoms. The first-order valence-corrected chi connectivity index (χ1v) is 7.60. The highest BCUT2D eigenvalue weighted by molar-refractivity contribution is 6.76. The second kappa shape index (κ2) is 4.30. The lowest BCUT2D eigenvalue weighted by atomic mass is 10.4. The van der Waals surface area contributed by atoms with E-state index >= 15 is 0 Å². The molecule has 0 atom stereocenters. The van der Waals surface area contributed by atoms with Gasteiger partial charge in [-0.05, 0) is 0 Å². The van der Waals surface area contributed by atoms with Gasteiger partial charge in [0.05, 0.1) is 0 Å². The fraction of sp³-hybridized carbons (Fsp3) is 0.625. The van der Waals surface area contributed by atoms with Crippen LogP contribution >= 0.6 is 0 Å². The normalized spacial score (nSPS) is 10.9. The molecule has 0 aromatic carbocycles. The topological polar surface area (TPSA) is 46.5 Å². The van der Waals surface area contributed by atoms with Crippen molar-refractivity contribution in [3.8, 4) is 0 Å². The molecule has 0 saturated carbocycles. The molecule has 4 heteroatoms. The summed E-state index contributed by atoms with van der Waals surface area (Å²) < 4.78 is 4.39. The standard InChI is InChI=1S/C8H16O3Si/c1-7(11-8(9)10)5-6-12(2,3)4/h1,5-6H2,2-4H3,(H,9,10). The molecular weight excluding hydrogens is 172 g/mol. The van der Waals surface area contributed by atoms with Gasteiger partial charge in [0.15, 0.2) is 0 Å². The second-order valence-electron chi connectivity index (χ2n) is 3.97. The van der Waals surface area contributed by atoms with Gasteiger partial charge in [0.1, 0.15) is 5.76 Å². The van der Waals surface area contributed by atoms with Crippen LogP contribution in [0.4, 0.5) is 4.79 Å². The lowest BCUT2D eigenvalue weighted by Crippen LogP contribution is -2.19. The largest absolute Gasteiger partial charge is 0.510 e. The number of rotatable bonds is 4. The number of ether oxygens (including phenoxy) is 1. The van der Waals surface area contributed by atoms with Crippen LogP contribution in [0.25, 0.3) is 0 Å². The monoisotopic (exact) mass is 188 g/mol. The molecule has 12 heavy (non-hydrogen) atoms. The third-order valence-electron chi connectivity index (χ3n) is 1.39.